The molecule has 0 radical (unpaired) electrons. The molecule has 0 spiro atoms. The lowest BCUT2D eigenvalue weighted by Gasteiger charge is -1.91. The SMILES string of the molecule is [SiH3]C([SiH3])=Cc1ccccc1. The van der Waals surface area contributed by atoms with Gasteiger partial charge in [0.25, 0.3) is 0 Å². The summed E-state index contributed by atoms with van der Waals surface area (Å²) in [6.07, 6.45) is 2.29. The summed E-state index contributed by atoms with van der Waals surface area (Å²) < 4.78 is 0. The van der Waals surface area contributed by atoms with E-state index in [0.29, 0.717) is 0 Å². The maximum atomic E-state index is 2.29. The number of benzene rings is 1. The lowest BCUT2D eigenvalue weighted by Crippen LogP contribution is -1.78. The van der Waals surface area contributed by atoms with Gasteiger partial charge in [0.2, 0.25) is 0 Å². The molecule has 0 aliphatic rings. The molecule has 2 heteroatoms. The van der Waals surface area contributed by atoms with E-state index >= 15 is 0 Å². The van der Waals surface area contributed by atoms with Gasteiger partial charge in [-0.2, -0.15) is 0 Å². The van der Waals surface area contributed by atoms with Crippen molar-refractivity contribution in [3.05, 3.63) is 40.7 Å². The molecule has 1 rings (SSSR count). The van der Waals surface area contributed by atoms with Gasteiger partial charge in [-0.05, 0) is 5.56 Å². The second-order valence-corrected chi connectivity index (χ2v) is 7.79. The Balaban J connectivity index is 2.87. The summed E-state index contributed by atoms with van der Waals surface area (Å²) in [4.78, 5) is 1.62. The van der Waals surface area contributed by atoms with Gasteiger partial charge < -0.3 is 0 Å². The molecule has 0 aliphatic heterocycles. The van der Waals surface area contributed by atoms with E-state index in [9.17, 15) is 0 Å². The van der Waals surface area contributed by atoms with Gasteiger partial charge in [-0.1, -0.05) is 36.4 Å². The highest BCUT2D eigenvalue weighted by Gasteiger charge is 1.82. The molecule has 0 aliphatic carbocycles. The van der Waals surface area contributed by atoms with E-state index in [0.717, 1.165) is 0 Å². The fraction of sp³-hybridized carbons (Fsp3) is 0. The van der Waals surface area contributed by atoms with E-state index in [-0.39, 0.29) is 0 Å². The molecule has 0 amide bonds. The van der Waals surface area contributed by atoms with E-state index in [1.165, 1.54) is 26.0 Å². The molecule has 1 aromatic carbocycles. The van der Waals surface area contributed by atoms with Crippen LogP contribution in [-0.4, -0.2) is 20.5 Å². The van der Waals surface area contributed by atoms with Crippen LogP contribution in [0, 0.1) is 0 Å². The van der Waals surface area contributed by atoms with Crippen LogP contribution in [0.5, 0.6) is 0 Å². The van der Waals surface area contributed by atoms with E-state index in [4.69, 9.17) is 0 Å². The van der Waals surface area contributed by atoms with Crippen LogP contribution in [0.1, 0.15) is 5.56 Å². The number of hydrogen-bond donors (Lipinski definition) is 0. The molecule has 0 saturated heterocycles. The topological polar surface area (TPSA) is 0 Å². The molecule has 0 aromatic heterocycles. The van der Waals surface area contributed by atoms with Crippen molar-refractivity contribution < 1.29 is 0 Å². The summed E-state index contributed by atoms with van der Waals surface area (Å²) in [7, 11) is 2.45. The highest BCUT2D eigenvalue weighted by Crippen LogP contribution is 2.01. The summed E-state index contributed by atoms with van der Waals surface area (Å²) >= 11 is 0. The Morgan fingerprint density at radius 2 is 1.70 bits per heavy atom. The molecule has 0 bridgehead atoms. The molecule has 0 nitrogen and oxygen atoms in total. The summed E-state index contributed by atoms with van der Waals surface area (Å²) in [6, 6.07) is 10.5. The largest absolute Gasteiger partial charge is 0.110 e. The predicted octanol–water partition coefficient (Wildman–Crippen LogP) is -0.284. The third-order valence-corrected chi connectivity index (χ3v) is 1.83. The molecule has 0 atom stereocenters. The van der Waals surface area contributed by atoms with Crippen LogP contribution in [-0.2, 0) is 0 Å². The van der Waals surface area contributed by atoms with Crippen molar-refractivity contribution in [1.29, 1.82) is 0 Å². The first-order valence-corrected chi connectivity index (χ1v) is 5.49. The molecule has 52 valence electrons. The Morgan fingerprint density at radius 3 is 2.20 bits per heavy atom. The van der Waals surface area contributed by atoms with Gasteiger partial charge in [0.15, 0.2) is 0 Å². The van der Waals surface area contributed by atoms with Crippen LogP contribution in [0.2, 0.25) is 0 Å². The molecule has 0 heterocycles. The quantitative estimate of drug-likeness (QED) is 0.501. The number of hydrogen-bond acceptors (Lipinski definition) is 0. The Kier molecular flexibility index (Phi) is 2.65. The summed E-state index contributed by atoms with van der Waals surface area (Å²) in [5, 5.41) is 0. The minimum atomic E-state index is 1.23. The summed E-state index contributed by atoms with van der Waals surface area (Å²) in [5.41, 5.74) is 1.35. The maximum absolute atomic E-state index is 2.29. The van der Waals surface area contributed by atoms with Crippen molar-refractivity contribution in [2.24, 2.45) is 0 Å². The molecule has 1 aromatic rings. The first-order chi connectivity index (χ1) is 4.79. The van der Waals surface area contributed by atoms with Gasteiger partial charge in [0, 0.05) is 20.5 Å². The first kappa shape index (κ1) is 7.50. The Bertz CT molecular complexity index is 222. The molecular formula is C8H12Si2. The maximum Gasteiger partial charge on any atom is 0.0272 e. The zero-order valence-electron chi connectivity index (χ0n) is 6.46. The third-order valence-electron chi connectivity index (χ3n) is 1.25. The third kappa shape index (κ3) is 2.33. The smallest absolute Gasteiger partial charge is 0.0272 e. The average Bonchev–Trinajstić information content (AvgIpc) is 1.88. The van der Waals surface area contributed by atoms with Crippen LogP contribution >= 0.6 is 0 Å². The van der Waals surface area contributed by atoms with Crippen LogP contribution < -0.4 is 0 Å². The molecule has 0 saturated carbocycles. The van der Waals surface area contributed by atoms with Gasteiger partial charge >= 0.3 is 0 Å². The van der Waals surface area contributed by atoms with Crippen molar-refractivity contribution >= 4 is 26.6 Å². The van der Waals surface area contributed by atoms with E-state index in [1.54, 1.807) is 4.82 Å². The fourth-order valence-electron chi connectivity index (χ4n) is 0.883. The van der Waals surface area contributed by atoms with Crippen molar-refractivity contribution in [2.45, 2.75) is 0 Å². The van der Waals surface area contributed by atoms with Crippen LogP contribution in [0.15, 0.2) is 35.2 Å². The minimum absolute atomic E-state index is 1.23. The molecule has 0 unspecified atom stereocenters. The van der Waals surface area contributed by atoms with Crippen molar-refractivity contribution in [3.8, 4) is 0 Å². The van der Waals surface area contributed by atoms with Gasteiger partial charge in [-0.3, -0.25) is 0 Å². The van der Waals surface area contributed by atoms with Crippen LogP contribution in [0.4, 0.5) is 0 Å². The normalized spacial score (nSPS) is 9.60. The zero-order chi connectivity index (χ0) is 7.40. The van der Waals surface area contributed by atoms with Crippen molar-refractivity contribution in [1.82, 2.24) is 0 Å². The monoisotopic (exact) mass is 164 g/mol. The van der Waals surface area contributed by atoms with Gasteiger partial charge in [-0.15, -0.1) is 4.82 Å². The molecule has 10 heavy (non-hydrogen) atoms. The Labute approximate surface area is 67.8 Å². The van der Waals surface area contributed by atoms with Crippen LogP contribution in [0.25, 0.3) is 6.08 Å². The molecular weight excluding hydrogens is 152 g/mol. The lowest BCUT2D eigenvalue weighted by molar-refractivity contribution is 1.66. The van der Waals surface area contributed by atoms with E-state index < -0.39 is 0 Å². The second-order valence-electron chi connectivity index (χ2n) is 2.63. The highest BCUT2D eigenvalue weighted by molar-refractivity contribution is 6.50. The van der Waals surface area contributed by atoms with Crippen molar-refractivity contribution in [2.75, 3.05) is 0 Å². The second kappa shape index (κ2) is 3.53. The standard InChI is InChI=1S/C8H12Si2/c9-8(10)6-7-4-2-1-3-5-7/h1-6H,9-10H3. The molecule has 0 N–H and O–H groups in total. The van der Waals surface area contributed by atoms with Gasteiger partial charge in [0.05, 0.1) is 0 Å². The first-order valence-electron chi connectivity index (χ1n) is 3.49. The predicted molar refractivity (Wildman–Crippen MR) is 54.3 cm³/mol. The minimum Gasteiger partial charge on any atom is -0.110 e. The Morgan fingerprint density at radius 1 is 1.10 bits per heavy atom. The summed E-state index contributed by atoms with van der Waals surface area (Å²) in [6.45, 7) is 0. The van der Waals surface area contributed by atoms with Crippen LogP contribution in [0.3, 0.4) is 0 Å². The fourth-order valence-corrected chi connectivity index (χ4v) is 1.55. The highest BCUT2D eigenvalue weighted by atomic mass is 28.2. The summed E-state index contributed by atoms with van der Waals surface area (Å²) in [5.74, 6) is 0. The van der Waals surface area contributed by atoms with E-state index in [1.807, 2.05) is 0 Å². The average molecular weight is 164 g/mol. The van der Waals surface area contributed by atoms with E-state index in [2.05, 4.69) is 36.4 Å². The molecule has 0 fully saturated rings. The van der Waals surface area contributed by atoms with Gasteiger partial charge in [0.1, 0.15) is 0 Å². The lowest BCUT2D eigenvalue weighted by atomic mass is 10.2. The zero-order valence-corrected chi connectivity index (χ0v) is 10.5. The number of rotatable bonds is 1. The van der Waals surface area contributed by atoms with Gasteiger partial charge in [-0.25, -0.2) is 0 Å². The van der Waals surface area contributed by atoms with Crippen molar-refractivity contribution in [3.63, 3.8) is 0 Å². The Hall–Kier alpha value is -0.606.